The van der Waals surface area contributed by atoms with E-state index in [0.717, 1.165) is 38.8 Å². The second-order valence-corrected chi connectivity index (χ2v) is 6.48. The smallest absolute Gasteiger partial charge is 0.318 e. The van der Waals surface area contributed by atoms with E-state index in [1.54, 1.807) is 11.3 Å². The number of nitrogens with zero attached hydrogens (tertiary/aromatic N) is 1. The Morgan fingerprint density at radius 1 is 1.50 bits per heavy atom. The van der Waals surface area contributed by atoms with Crippen LogP contribution < -0.4 is 5.32 Å². The zero-order valence-corrected chi connectivity index (χ0v) is 12.7. The second-order valence-electron chi connectivity index (χ2n) is 5.70. The van der Waals surface area contributed by atoms with Gasteiger partial charge in [0.05, 0.1) is 18.2 Å². The van der Waals surface area contributed by atoms with Crippen molar-refractivity contribution < 1.29 is 9.53 Å². The number of urea groups is 1. The number of nitrogens with one attached hydrogen (secondary N) is 1. The Morgan fingerprint density at radius 2 is 2.40 bits per heavy atom. The van der Waals surface area contributed by atoms with E-state index in [9.17, 15) is 4.79 Å². The van der Waals surface area contributed by atoms with Gasteiger partial charge in [0, 0.05) is 13.2 Å². The summed E-state index contributed by atoms with van der Waals surface area (Å²) in [6.07, 6.45) is 4.49. The molecule has 3 heterocycles. The summed E-state index contributed by atoms with van der Waals surface area (Å²) in [5, 5.41) is 7.36. The molecular formula is C15H22N2O2S. The van der Waals surface area contributed by atoms with Crippen molar-refractivity contribution in [3.63, 3.8) is 0 Å². The Kier molecular flexibility index (Phi) is 4.27. The number of hydrogen-bond donors (Lipinski definition) is 1. The molecule has 5 heteroatoms. The molecule has 2 fully saturated rings. The van der Waals surface area contributed by atoms with Gasteiger partial charge in [0.1, 0.15) is 0 Å². The first kappa shape index (κ1) is 13.9. The molecule has 0 unspecified atom stereocenters. The molecule has 0 spiro atoms. The number of thiophene rings is 1. The van der Waals surface area contributed by atoms with Crippen molar-refractivity contribution in [2.45, 2.75) is 50.8 Å². The van der Waals surface area contributed by atoms with E-state index in [0.29, 0.717) is 0 Å². The van der Waals surface area contributed by atoms with Gasteiger partial charge in [0.2, 0.25) is 0 Å². The van der Waals surface area contributed by atoms with Gasteiger partial charge in [-0.15, -0.1) is 0 Å². The highest BCUT2D eigenvalue weighted by atomic mass is 32.1. The average molecular weight is 294 g/mol. The molecule has 0 saturated carbocycles. The molecule has 2 aliphatic rings. The van der Waals surface area contributed by atoms with Crippen molar-refractivity contribution >= 4 is 17.4 Å². The summed E-state index contributed by atoms with van der Waals surface area (Å²) >= 11 is 1.70. The molecule has 3 rings (SSSR count). The quantitative estimate of drug-likeness (QED) is 0.930. The summed E-state index contributed by atoms with van der Waals surface area (Å²) < 4.78 is 5.65. The molecular weight excluding hydrogens is 272 g/mol. The summed E-state index contributed by atoms with van der Waals surface area (Å²) in [5.41, 5.74) is 1.27. The van der Waals surface area contributed by atoms with Crippen LogP contribution in [0.1, 0.15) is 44.2 Å². The molecule has 3 atom stereocenters. The van der Waals surface area contributed by atoms with E-state index in [-0.39, 0.29) is 24.2 Å². The van der Waals surface area contributed by atoms with Crippen molar-refractivity contribution in [3.05, 3.63) is 22.4 Å². The minimum atomic E-state index is 0.0571. The van der Waals surface area contributed by atoms with E-state index in [4.69, 9.17) is 4.74 Å². The predicted molar refractivity (Wildman–Crippen MR) is 80.0 cm³/mol. The second kappa shape index (κ2) is 6.14. The number of carbonyl (C=O) groups excluding carboxylic acids is 1. The number of amides is 2. The molecule has 2 saturated heterocycles. The minimum Gasteiger partial charge on any atom is -0.376 e. The summed E-state index contributed by atoms with van der Waals surface area (Å²) in [6, 6.07) is 2.53. The van der Waals surface area contributed by atoms with E-state index in [1.165, 1.54) is 5.56 Å². The Bertz CT molecular complexity index is 443. The zero-order chi connectivity index (χ0) is 13.9. The first-order valence-corrected chi connectivity index (χ1v) is 8.41. The Labute approximate surface area is 124 Å². The van der Waals surface area contributed by atoms with Crippen molar-refractivity contribution in [1.29, 1.82) is 0 Å². The normalized spacial score (nSPS) is 27.8. The first-order chi connectivity index (χ1) is 9.75. The van der Waals surface area contributed by atoms with Gasteiger partial charge in [-0.3, -0.25) is 0 Å². The van der Waals surface area contributed by atoms with E-state index in [2.05, 4.69) is 22.1 Å². The lowest BCUT2D eigenvalue weighted by Gasteiger charge is -2.28. The lowest BCUT2D eigenvalue weighted by molar-refractivity contribution is 0.0829. The Balaban J connectivity index is 1.61. The number of carbonyl (C=O) groups is 1. The molecule has 110 valence electrons. The molecule has 2 aliphatic heterocycles. The van der Waals surface area contributed by atoms with Crippen LogP contribution in [0.5, 0.6) is 0 Å². The largest absolute Gasteiger partial charge is 0.376 e. The number of rotatable bonds is 3. The van der Waals surface area contributed by atoms with Crippen molar-refractivity contribution in [2.24, 2.45) is 0 Å². The molecule has 1 aromatic heterocycles. The third kappa shape index (κ3) is 2.83. The molecule has 20 heavy (non-hydrogen) atoms. The molecule has 0 radical (unpaired) electrons. The van der Waals surface area contributed by atoms with Gasteiger partial charge in [0.25, 0.3) is 0 Å². The van der Waals surface area contributed by atoms with E-state index >= 15 is 0 Å². The predicted octanol–water partition coefficient (Wildman–Crippen LogP) is 3.16. The van der Waals surface area contributed by atoms with Crippen LogP contribution in [0.3, 0.4) is 0 Å². The molecule has 1 aromatic rings. The van der Waals surface area contributed by atoms with Crippen LogP contribution in [0.25, 0.3) is 0 Å². The van der Waals surface area contributed by atoms with Gasteiger partial charge in [-0.05, 0) is 55.0 Å². The third-order valence-corrected chi connectivity index (χ3v) is 5.02. The van der Waals surface area contributed by atoms with Crippen LogP contribution in [-0.4, -0.2) is 36.2 Å². The van der Waals surface area contributed by atoms with Crippen LogP contribution in [0, 0.1) is 0 Å². The van der Waals surface area contributed by atoms with Crippen LogP contribution >= 0.6 is 11.3 Å². The fourth-order valence-electron chi connectivity index (χ4n) is 3.19. The molecule has 4 nitrogen and oxygen atoms in total. The van der Waals surface area contributed by atoms with Crippen molar-refractivity contribution in [1.82, 2.24) is 10.2 Å². The Hall–Kier alpha value is -1.07. The number of likely N-dealkylation sites (tertiary alicyclic amines) is 1. The van der Waals surface area contributed by atoms with Crippen molar-refractivity contribution in [3.8, 4) is 0 Å². The van der Waals surface area contributed by atoms with Crippen molar-refractivity contribution in [2.75, 3.05) is 13.2 Å². The highest BCUT2D eigenvalue weighted by molar-refractivity contribution is 7.07. The van der Waals surface area contributed by atoms with Gasteiger partial charge < -0.3 is 15.0 Å². The van der Waals surface area contributed by atoms with Crippen LogP contribution in [0.15, 0.2) is 16.8 Å². The third-order valence-electron chi connectivity index (χ3n) is 4.32. The standard InChI is InChI=1S/C15H22N2O2S/c1-11(14-5-3-8-19-14)16-15(18)17-7-2-4-13(17)12-6-9-20-10-12/h6,9-11,13-14H,2-5,7-8H2,1H3,(H,16,18)/t11-,13-,14-/m0/s1. The monoisotopic (exact) mass is 294 g/mol. The van der Waals surface area contributed by atoms with Crippen LogP contribution in [0.2, 0.25) is 0 Å². The van der Waals surface area contributed by atoms with E-state index in [1.807, 2.05) is 11.8 Å². The van der Waals surface area contributed by atoms with Gasteiger partial charge in [-0.1, -0.05) is 0 Å². The molecule has 0 aromatic carbocycles. The lowest BCUT2D eigenvalue weighted by atomic mass is 10.1. The van der Waals surface area contributed by atoms with Gasteiger partial charge >= 0.3 is 6.03 Å². The Morgan fingerprint density at radius 3 is 3.10 bits per heavy atom. The van der Waals surface area contributed by atoms with E-state index < -0.39 is 0 Å². The molecule has 0 bridgehead atoms. The summed E-state index contributed by atoms with van der Waals surface area (Å²) in [5.74, 6) is 0. The molecule has 0 aliphatic carbocycles. The minimum absolute atomic E-state index is 0.0571. The lowest BCUT2D eigenvalue weighted by Crippen LogP contribution is -2.47. The van der Waals surface area contributed by atoms with Gasteiger partial charge in [0.15, 0.2) is 0 Å². The summed E-state index contributed by atoms with van der Waals surface area (Å²) in [7, 11) is 0. The topological polar surface area (TPSA) is 41.6 Å². The highest BCUT2D eigenvalue weighted by Gasteiger charge is 2.32. The zero-order valence-electron chi connectivity index (χ0n) is 11.9. The summed E-state index contributed by atoms with van der Waals surface area (Å²) in [6.45, 7) is 3.72. The average Bonchev–Trinajstić information content (AvgIpc) is 3.19. The maximum absolute atomic E-state index is 12.5. The molecule has 2 amide bonds. The highest BCUT2D eigenvalue weighted by Crippen LogP contribution is 2.33. The van der Waals surface area contributed by atoms with Crippen LogP contribution in [0.4, 0.5) is 4.79 Å². The maximum Gasteiger partial charge on any atom is 0.318 e. The fraction of sp³-hybridized carbons (Fsp3) is 0.667. The SMILES string of the molecule is C[C@H](NC(=O)N1CCC[C@H]1c1ccsc1)[C@@H]1CCCO1. The van der Waals surface area contributed by atoms with Crippen LogP contribution in [-0.2, 0) is 4.74 Å². The molecule has 1 N–H and O–H groups in total. The summed E-state index contributed by atoms with van der Waals surface area (Å²) in [4.78, 5) is 14.5. The number of ether oxygens (including phenoxy) is 1. The number of hydrogen-bond acceptors (Lipinski definition) is 3. The van der Waals surface area contributed by atoms with Gasteiger partial charge in [-0.25, -0.2) is 4.79 Å². The first-order valence-electron chi connectivity index (χ1n) is 7.46. The van der Waals surface area contributed by atoms with Gasteiger partial charge in [-0.2, -0.15) is 11.3 Å². The fourth-order valence-corrected chi connectivity index (χ4v) is 3.90. The maximum atomic E-state index is 12.5.